The maximum absolute atomic E-state index is 12.5. The van der Waals surface area contributed by atoms with Crippen molar-refractivity contribution in [3.05, 3.63) is 0 Å². The van der Waals surface area contributed by atoms with Crippen LogP contribution in [-0.4, -0.2) is 12.6 Å². The highest BCUT2D eigenvalue weighted by molar-refractivity contribution is 5.72. The van der Waals surface area contributed by atoms with E-state index in [9.17, 15) is 4.79 Å². The number of esters is 1. The lowest BCUT2D eigenvalue weighted by Gasteiger charge is -2.16. The minimum absolute atomic E-state index is 0.0834. The van der Waals surface area contributed by atoms with E-state index in [1.807, 2.05) is 0 Å². The van der Waals surface area contributed by atoms with E-state index in [1.165, 1.54) is 116 Å². The molecule has 0 aromatic heterocycles. The molecular formula is C28H56O2. The molecule has 0 saturated heterocycles. The zero-order chi connectivity index (χ0) is 22.1. The van der Waals surface area contributed by atoms with Crippen LogP contribution in [0.3, 0.4) is 0 Å². The first kappa shape index (κ1) is 29.5. The molecule has 0 aliphatic heterocycles. The topological polar surface area (TPSA) is 26.3 Å². The van der Waals surface area contributed by atoms with E-state index in [0.717, 1.165) is 25.7 Å². The van der Waals surface area contributed by atoms with Gasteiger partial charge in [-0.15, -0.1) is 0 Å². The first-order valence-corrected chi connectivity index (χ1v) is 13.9. The van der Waals surface area contributed by atoms with Crippen molar-refractivity contribution in [1.82, 2.24) is 0 Å². The molecule has 0 fully saturated rings. The highest BCUT2D eigenvalue weighted by atomic mass is 16.5. The van der Waals surface area contributed by atoms with Gasteiger partial charge in [-0.25, -0.2) is 0 Å². The molecule has 0 rings (SSSR count). The SMILES string of the molecule is CCCCCCCCCCCCCCC(CCCCCCCC)C(=O)OCCCC. The predicted molar refractivity (Wildman–Crippen MR) is 133 cm³/mol. The number of carbonyl (C=O) groups is 1. The van der Waals surface area contributed by atoms with Gasteiger partial charge in [-0.1, -0.05) is 143 Å². The van der Waals surface area contributed by atoms with Crippen molar-refractivity contribution >= 4 is 5.97 Å². The fourth-order valence-electron chi connectivity index (χ4n) is 4.22. The average Bonchev–Trinajstić information content (AvgIpc) is 2.75. The van der Waals surface area contributed by atoms with Crippen molar-refractivity contribution in [2.75, 3.05) is 6.61 Å². The Morgan fingerprint density at radius 1 is 0.500 bits per heavy atom. The Bertz CT molecular complexity index is 340. The first-order chi connectivity index (χ1) is 14.8. The second-order valence-electron chi connectivity index (χ2n) is 9.45. The van der Waals surface area contributed by atoms with Crippen LogP contribution in [0.15, 0.2) is 0 Å². The summed E-state index contributed by atoms with van der Waals surface area (Å²) in [6.07, 6.45) is 28.4. The molecule has 0 N–H and O–H groups in total. The number of rotatable bonds is 24. The molecule has 1 atom stereocenters. The van der Waals surface area contributed by atoms with Gasteiger partial charge in [0.25, 0.3) is 0 Å². The van der Waals surface area contributed by atoms with Crippen LogP contribution in [0.25, 0.3) is 0 Å². The van der Waals surface area contributed by atoms with Gasteiger partial charge in [0, 0.05) is 0 Å². The lowest BCUT2D eigenvalue weighted by Crippen LogP contribution is -2.18. The summed E-state index contributed by atoms with van der Waals surface area (Å²) in [6, 6.07) is 0. The predicted octanol–water partition coefficient (Wildman–Crippen LogP) is 9.79. The Morgan fingerprint density at radius 2 is 0.833 bits per heavy atom. The van der Waals surface area contributed by atoms with E-state index in [4.69, 9.17) is 4.74 Å². The van der Waals surface area contributed by atoms with Gasteiger partial charge in [0.15, 0.2) is 0 Å². The molecule has 30 heavy (non-hydrogen) atoms. The highest BCUT2D eigenvalue weighted by Crippen LogP contribution is 2.21. The van der Waals surface area contributed by atoms with Crippen LogP contribution in [0.2, 0.25) is 0 Å². The normalized spacial score (nSPS) is 12.2. The second kappa shape index (κ2) is 24.7. The summed E-state index contributed by atoms with van der Waals surface area (Å²) in [5, 5.41) is 0. The molecule has 0 aromatic rings. The van der Waals surface area contributed by atoms with E-state index in [0.29, 0.717) is 6.61 Å². The van der Waals surface area contributed by atoms with Gasteiger partial charge in [-0.05, 0) is 19.3 Å². The van der Waals surface area contributed by atoms with Gasteiger partial charge < -0.3 is 4.74 Å². The molecule has 0 spiro atoms. The van der Waals surface area contributed by atoms with Crippen LogP contribution < -0.4 is 0 Å². The smallest absolute Gasteiger partial charge is 0.308 e. The third-order valence-corrected chi connectivity index (χ3v) is 6.39. The quantitative estimate of drug-likeness (QED) is 0.114. The summed E-state index contributed by atoms with van der Waals surface area (Å²) in [6.45, 7) is 7.30. The van der Waals surface area contributed by atoms with Gasteiger partial charge in [0.2, 0.25) is 0 Å². The van der Waals surface area contributed by atoms with Gasteiger partial charge >= 0.3 is 5.97 Å². The van der Waals surface area contributed by atoms with Crippen molar-refractivity contribution in [2.24, 2.45) is 5.92 Å². The zero-order valence-electron chi connectivity index (χ0n) is 21.2. The average molecular weight is 425 g/mol. The molecule has 0 aliphatic carbocycles. The lowest BCUT2D eigenvalue weighted by molar-refractivity contribution is -0.149. The van der Waals surface area contributed by atoms with Crippen molar-refractivity contribution < 1.29 is 9.53 Å². The van der Waals surface area contributed by atoms with Gasteiger partial charge in [0.05, 0.1) is 12.5 Å². The standard InChI is InChI=1S/C28H56O2/c1-4-7-10-12-14-15-16-17-18-19-21-23-25-27(28(29)30-26-9-6-3)24-22-20-13-11-8-5-2/h27H,4-26H2,1-3H3. The molecule has 0 aromatic carbocycles. The van der Waals surface area contributed by atoms with Crippen LogP contribution in [-0.2, 0) is 9.53 Å². The van der Waals surface area contributed by atoms with E-state index < -0.39 is 0 Å². The number of carbonyl (C=O) groups excluding carboxylic acids is 1. The Morgan fingerprint density at radius 3 is 1.20 bits per heavy atom. The molecule has 0 bridgehead atoms. The molecule has 2 nitrogen and oxygen atoms in total. The van der Waals surface area contributed by atoms with Gasteiger partial charge in [-0.3, -0.25) is 4.79 Å². The van der Waals surface area contributed by atoms with E-state index >= 15 is 0 Å². The van der Waals surface area contributed by atoms with E-state index in [2.05, 4.69) is 20.8 Å². The number of hydrogen-bond acceptors (Lipinski definition) is 2. The largest absolute Gasteiger partial charge is 0.465 e. The number of hydrogen-bond donors (Lipinski definition) is 0. The Labute approximate surface area is 190 Å². The maximum Gasteiger partial charge on any atom is 0.308 e. The van der Waals surface area contributed by atoms with Crippen molar-refractivity contribution in [1.29, 1.82) is 0 Å². The summed E-state index contributed by atoms with van der Waals surface area (Å²) in [5.74, 6) is 0.233. The molecule has 0 aliphatic rings. The summed E-state index contributed by atoms with van der Waals surface area (Å²) >= 11 is 0. The first-order valence-electron chi connectivity index (χ1n) is 13.9. The summed E-state index contributed by atoms with van der Waals surface area (Å²) in [5.41, 5.74) is 0. The second-order valence-corrected chi connectivity index (χ2v) is 9.45. The molecule has 0 saturated carbocycles. The van der Waals surface area contributed by atoms with Crippen molar-refractivity contribution in [3.63, 3.8) is 0 Å². The number of unbranched alkanes of at least 4 members (excludes halogenated alkanes) is 17. The molecular weight excluding hydrogens is 368 g/mol. The van der Waals surface area contributed by atoms with Crippen LogP contribution >= 0.6 is 0 Å². The van der Waals surface area contributed by atoms with Crippen LogP contribution in [0, 0.1) is 5.92 Å². The molecule has 180 valence electrons. The van der Waals surface area contributed by atoms with Crippen molar-refractivity contribution in [2.45, 2.75) is 162 Å². The fraction of sp³-hybridized carbons (Fsp3) is 0.964. The summed E-state index contributed by atoms with van der Waals surface area (Å²) in [4.78, 5) is 12.5. The third-order valence-electron chi connectivity index (χ3n) is 6.39. The minimum Gasteiger partial charge on any atom is -0.465 e. The molecule has 0 amide bonds. The Kier molecular flexibility index (Phi) is 24.3. The lowest BCUT2D eigenvalue weighted by atomic mass is 9.94. The van der Waals surface area contributed by atoms with Crippen molar-refractivity contribution in [3.8, 4) is 0 Å². The summed E-state index contributed by atoms with van der Waals surface area (Å²) < 4.78 is 5.56. The van der Waals surface area contributed by atoms with E-state index in [1.54, 1.807) is 0 Å². The molecule has 0 heterocycles. The molecule has 0 radical (unpaired) electrons. The molecule has 1 unspecified atom stereocenters. The molecule has 2 heteroatoms. The monoisotopic (exact) mass is 424 g/mol. The Hall–Kier alpha value is -0.530. The maximum atomic E-state index is 12.5. The van der Waals surface area contributed by atoms with E-state index in [-0.39, 0.29) is 11.9 Å². The van der Waals surface area contributed by atoms with Gasteiger partial charge in [0.1, 0.15) is 0 Å². The Balaban J connectivity index is 3.81. The number of ether oxygens (including phenoxy) is 1. The van der Waals surface area contributed by atoms with Gasteiger partial charge in [-0.2, -0.15) is 0 Å². The minimum atomic E-state index is 0.0834. The highest BCUT2D eigenvalue weighted by Gasteiger charge is 2.19. The van der Waals surface area contributed by atoms with Crippen LogP contribution in [0.1, 0.15) is 162 Å². The van der Waals surface area contributed by atoms with Crippen LogP contribution in [0.4, 0.5) is 0 Å². The third kappa shape index (κ3) is 20.7. The fourth-order valence-corrected chi connectivity index (χ4v) is 4.22. The zero-order valence-corrected chi connectivity index (χ0v) is 21.2. The summed E-state index contributed by atoms with van der Waals surface area (Å²) in [7, 11) is 0. The van der Waals surface area contributed by atoms with Crippen LogP contribution in [0.5, 0.6) is 0 Å².